The van der Waals surface area contributed by atoms with Gasteiger partial charge in [-0.05, 0) is 30.3 Å². The van der Waals surface area contributed by atoms with Crippen molar-refractivity contribution < 1.29 is 21.6 Å². The predicted molar refractivity (Wildman–Crippen MR) is 87.9 cm³/mol. The van der Waals surface area contributed by atoms with E-state index in [1.54, 1.807) is 18.2 Å². The number of hydrogen-bond acceptors (Lipinski definition) is 3. The molecule has 0 atom stereocenters. The number of rotatable bonds is 6. The Bertz CT molecular complexity index is 956. The van der Waals surface area contributed by atoms with Crippen LogP contribution < -0.4 is 0 Å². The Morgan fingerprint density at radius 2 is 1.52 bits per heavy atom. The molecule has 0 aliphatic carbocycles. The summed E-state index contributed by atoms with van der Waals surface area (Å²) in [4.78, 5) is -0.460. The number of hydrogen-bond donors (Lipinski definition) is 0. The Morgan fingerprint density at radius 3 is 2.16 bits per heavy atom. The molecule has 7 heteroatoms. The van der Waals surface area contributed by atoms with E-state index in [2.05, 4.69) is 0 Å². The van der Waals surface area contributed by atoms with E-state index in [-0.39, 0.29) is 18.7 Å². The Kier molecular flexibility index (Phi) is 4.96. The number of furan rings is 1. The first-order valence-corrected chi connectivity index (χ1v) is 8.93. The van der Waals surface area contributed by atoms with Crippen molar-refractivity contribution in [3.8, 4) is 0 Å². The number of sulfonamides is 1. The first-order valence-electron chi connectivity index (χ1n) is 7.49. The summed E-state index contributed by atoms with van der Waals surface area (Å²) in [5, 5.41) is 0. The molecular formula is C18H15F2NO3S. The summed E-state index contributed by atoms with van der Waals surface area (Å²) in [7, 11) is -4.19. The Morgan fingerprint density at radius 1 is 0.840 bits per heavy atom. The summed E-state index contributed by atoms with van der Waals surface area (Å²) in [6.45, 7) is -0.387. The van der Waals surface area contributed by atoms with Gasteiger partial charge in [-0.1, -0.05) is 30.3 Å². The van der Waals surface area contributed by atoms with Gasteiger partial charge in [-0.25, -0.2) is 17.2 Å². The molecule has 3 rings (SSSR count). The average Bonchev–Trinajstić information content (AvgIpc) is 3.09. The molecule has 0 radical (unpaired) electrons. The van der Waals surface area contributed by atoms with Crippen molar-refractivity contribution in [1.29, 1.82) is 0 Å². The fourth-order valence-corrected chi connectivity index (χ4v) is 3.86. The lowest BCUT2D eigenvalue weighted by Gasteiger charge is -2.22. The monoisotopic (exact) mass is 363 g/mol. The quantitative estimate of drug-likeness (QED) is 0.666. The maximum atomic E-state index is 14.0. The Balaban J connectivity index is 2.01. The fraction of sp³-hybridized carbons (Fsp3) is 0.111. The SMILES string of the molecule is O=S(=O)(c1ccccc1F)N(Cc1ccco1)Cc1ccccc1F. The van der Waals surface area contributed by atoms with Crippen LogP contribution >= 0.6 is 0 Å². The van der Waals surface area contributed by atoms with E-state index in [1.807, 2.05) is 0 Å². The van der Waals surface area contributed by atoms with Gasteiger partial charge in [0.05, 0.1) is 12.8 Å². The highest BCUT2D eigenvalue weighted by Gasteiger charge is 2.29. The molecule has 0 N–H and O–H groups in total. The van der Waals surface area contributed by atoms with Crippen LogP contribution in [0, 0.1) is 11.6 Å². The van der Waals surface area contributed by atoms with Crippen LogP contribution in [0.15, 0.2) is 76.2 Å². The maximum absolute atomic E-state index is 14.0. The van der Waals surface area contributed by atoms with Crippen molar-refractivity contribution in [2.24, 2.45) is 0 Å². The van der Waals surface area contributed by atoms with Crippen molar-refractivity contribution in [1.82, 2.24) is 4.31 Å². The molecule has 0 amide bonds. The summed E-state index contributed by atoms with van der Waals surface area (Å²) in [6, 6.07) is 14.2. The lowest BCUT2D eigenvalue weighted by atomic mass is 10.2. The summed E-state index contributed by atoms with van der Waals surface area (Å²) >= 11 is 0. The first-order chi connectivity index (χ1) is 12.0. The lowest BCUT2D eigenvalue weighted by molar-refractivity contribution is 0.352. The van der Waals surface area contributed by atoms with Gasteiger partial charge in [0.2, 0.25) is 10.0 Å². The van der Waals surface area contributed by atoms with Gasteiger partial charge in [0.15, 0.2) is 0 Å². The minimum atomic E-state index is -4.19. The molecule has 4 nitrogen and oxygen atoms in total. The molecule has 0 unspecified atom stereocenters. The second-order valence-corrected chi connectivity index (χ2v) is 7.28. The molecular weight excluding hydrogens is 348 g/mol. The molecule has 0 aliphatic rings. The van der Waals surface area contributed by atoms with E-state index >= 15 is 0 Å². The first kappa shape index (κ1) is 17.3. The second kappa shape index (κ2) is 7.16. The van der Waals surface area contributed by atoms with Crippen LogP contribution in [0.5, 0.6) is 0 Å². The van der Waals surface area contributed by atoms with Gasteiger partial charge < -0.3 is 4.42 Å². The van der Waals surface area contributed by atoms with Crippen LogP contribution in [-0.2, 0) is 23.1 Å². The summed E-state index contributed by atoms with van der Waals surface area (Å²) in [5.74, 6) is -1.02. The Hall–Kier alpha value is -2.51. The normalized spacial score (nSPS) is 11.8. The predicted octanol–water partition coefficient (Wildman–Crippen LogP) is 3.95. The minimum absolute atomic E-state index is 0.141. The van der Waals surface area contributed by atoms with E-state index in [0.717, 1.165) is 10.4 Å². The summed E-state index contributed by atoms with van der Waals surface area (Å²) < 4.78 is 60.0. The molecule has 3 aromatic rings. The summed E-state index contributed by atoms with van der Waals surface area (Å²) in [5.41, 5.74) is 0.189. The van der Waals surface area contributed by atoms with E-state index in [0.29, 0.717) is 5.76 Å². The highest BCUT2D eigenvalue weighted by molar-refractivity contribution is 7.89. The van der Waals surface area contributed by atoms with Gasteiger partial charge in [0.25, 0.3) is 0 Å². The topological polar surface area (TPSA) is 50.5 Å². The molecule has 0 bridgehead atoms. The molecule has 130 valence electrons. The Labute approximate surface area is 144 Å². The fourth-order valence-electron chi connectivity index (χ4n) is 2.41. The lowest BCUT2D eigenvalue weighted by Crippen LogP contribution is -2.31. The van der Waals surface area contributed by atoms with Gasteiger partial charge in [-0.3, -0.25) is 0 Å². The zero-order chi connectivity index (χ0) is 17.9. The third-order valence-corrected chi connectivity index (χ3v) is 5.50. The molecule has 1 aromatic heterocycles. The largest absolute Gasteiger partial charge is 0.468 e. The van der Waals surface area contributed by atoms with Crippen molar-refractivity contribution in [2.75, 3.05) is 0 Å². The third-order valence-electron chi connectivity index (χ3n) is 3.67. The average molecular weight is 363 g/mol. The third kappa shape index (κ3) is 3.78. The van der Waals surface area contributed by atoms with Gasteiger partial charge in [0, 0.05) is 12.1 Å². The number of halogens is 2. The van der Waals surface area contributed by atoms with Crippen LogP contribution in [0.25, 0.3) is 0 Å². The molecule has 2 aromatic carbocycles. The second-order valence-electron chi connectivity index (χ2n) is 5.37. The van der Waals surface area contributed by atoms with Crippen molar-refractivity contribution in [3.05, 3.63) is 89.9 Å². The van der Waals surface area contributed by atoms with Crippen LogP contribution in [0.2, 0.25) is 0 Å². The van der Waals surface area contributed by atoms with E-state index in [4.69, 9.17) is 4.42 Å². The van der Waals surface area contributed by atoms with Gasteiger partial charge in [-0.2, -0.15) is 4.31 Å². The molecule has 0 aliphatic heterocycles. The van der Waals surface area contributed by atoms with E-state index in [1.165, 1.54) is 42.7 Å². The van der Waals surface area contributed by atoms with Crippen LogP contribution in [0.1, 0.15) is 11.3 Å². The molecule has 0 fully saturated rings. The molecule has 1 heterocycles. The molecule has 0 saturated carbocycles. The number of nitrogens with zero attached hydrogens (tertiary/aromatic N) is 1. The van der Waals surface area contributed by atoms with Gasteiger partial charge in [0.1, 0.15) is 22.3 Å². The zero-order valence-corrected chi connectivity index (χ0v) is 13.9. The highest BCUT2D eigenvalue weighted by atomic mass is 32.2. The van der Waals surface area contributed by atoms with Crippen LogP contribution in [0.4, 0.5) is 8.78 Å². The highest BCUT2D eigenvalue weighted by Crippen LogP contribution is 2.24. The zero-order valence-electron chi connectivity index (χ0n) is 13.1. The van der Waals surface area contributed by atoms with E-state index < -0.39 is 26.6 Å². The minimum Gasteiger partial charge on any atom is -0.468 e. The van der Waals surface area contributed by atoms with Crippen molar-refractivity contribution in [2.45, 2.75) is 18.0 Å². The standard InChI is InChI=1S/C18H15F2NO3S/c19-16-8-2-1-6-14(16)12-21(13-15-7-5-11-24-15)25(22,23)18-10-4-3-9-17(18)20/h1-11H,12-13H2. The smallest absolute Gasteiger partial charge is 0.246 e. The van der Waals surface area contributed by atoms with Crippen molar-refractivity contribution in [3.63, 3.8) is 0 Å². The van der Waals surface area contributed by atoms with Gasteiger partial charge in [-0.15, -0.1) is 0 Å². The van der Waals surface area contributed by atoms with Crippen molar-refractivity contribution >= 4 is 10.0 Å². The number of benzene rings is 2. The summed E-state index contributed by atoms with van der Waals surface area (Å²) in [6.07, 6.45) is 1.41. The van der Waals surface area contributed by atoms with Gasteiger partial charge >= 0.3 is 0 Å². The van der Waals surface area contributed by atoms with E-state index in [9.17, 15) is 17.2 Å². The van der Waals surface area contributed by atoms with Crippen LogP contribution in [-0.4, -0.2) is 12.7 Å². The molecule has 0 spiro atoms. The maximum Gasteiger partial charge on any atom is 0.246 e. The van der Waals surface area contributed by atoms with Crippen LogP contribution in [0.3, 0.4) is 0 Å². The molecule has 0 saturated heterocycles. The molecule has 25 heavy (non-hydrogen) atoms.